The summed E-state index contributed by atoms with van der Waals surface area (Å²) in [4.78, 5) is 4.83. The van der Waals surface area contributed by atoms with E-state index < -0.39 is 7.26 Å². The van der Waals surface area contributed by atoms with E-state index in [0.29, 0.717) is 0 Å². The molecule has 0 atom stereocenters. The van der Waals surface area contributed by atoms with Crippen LogP contribution in [0.4, 0.5) is 0 Å². The van der Waals surface area contributed by atoms with Crippen molar-refractivity contribution < 1.29 is 0 Å². The van der Waals surface area contributed by atoms with Gasteiger partial charge >= 0.3 is 150 Å². The molecule has 0 aliphatic rings. The fraction of sp³-hybridized carbons (Fsp3) is 0.850. The van der Waals surface area contributed by atoms with Crippen molar-refractivity contribution in [3.05, 3.63) is 16.1 Å². The quantitative estimate of drug-likeness (QED) is 0.252. The van der Waals surface area contributed by atoms with E-state index in [1.807, 2.05) is 11.3 Å². The van der Waals surface area contributed by atoms with Crippen molar-refractivity contribution in [1.82, 2.24) is 4.98 Å². The second-order valence-corrected chi connectivity index (χ2v) is 13.3. The Bertz CT molecular complexity index is 376. The Hall–Kier alpha value is 0.0600. The molecule has 1 aromatic rings. The fourth-order valence-electron chi connectivity index (χ4n) is 3.76. The average Bonchev–Trinajstić information content (AvgIpc) is 2.93. The molecule has 0 fully saturated rings. The predicted molar refractivity (Wildman–Crippen MR) is 112 cm³/mol. The molecule has 0 aliphatic heterocycles. The molecule has 1 nitrogen and oxygen atoms in total. The second kappa shape index (κ2) is 12.4. The molecule has 136 valence electrons. The molecular weight excluding hydrogens is 317 g/mol. The van der Waals surface area contributed by atoms with Crippen LogP contribution >= 0.6 is 18.6 Å². The first kappa shape index (κ1) is 21.1. The summed E-state index contributed by atoms with van der Waals surface area (Å²) < 4.78 is 0. The van der Waals surface area contributed by atoms with Gasteiger partial charge in [-0.25, -0.2) is 0 Å². The third kappa shape index (κ3) is 8.64. The van der Waals surface area contributed by atoms with Gasteiger partial charge in [0.1, 0.15) is 0 Å². The van der Waals surface area contributed by atoms with E-state index in [1.54, 1.807) is 18.5 Å². The molecule has 0 bridgehead atoms. The number of nitrogens with zero attached hydrogens (tertiary/aromatic N) is 1. The molecule has 0 unspecified atom stereocenters. The van der Waals surface area contributed by atoms with Gasteiger partial charge in [-0.1, -0.05) is 0 Å². The zero-order valence-electron chi connectivity index (χ0n) is 16.1. The van der Waals surface area contributed by atoms with E-state index in [2.05, 4.69) is 33.1 Å². The standard InChI is InChI=1S/C20H40NPS/c1-5-8-11-14-22(15-12-9-6-2,16-13-10-7-3)17-20-18-23-19(4)21-20/h18,22H,5-17H2,1-4H3. The van der Waals surface area contributed by atoms with Crippen molar-refractivity contribution in [2.45, 2.75) is 91.6 Å². The number of hydrogen-bond donors (Lipinski definition) is 0. The number of aromatic nitrogens is 1. The topological polar surface area (TPSA) is 12.9 Å². The van der Waals surface area contributed by atoms with Crippen molar-refractivity contribution in [3.8, 4) is 0 Å². The van der Waals surface area contributed by atoms with Crippen molar-refractivity contribution in [1.29, 1.82) is 0 Å². The zero-order chi connectivity index (χ0) is 17.0. The van der Waals surface area contributed by atoms with Crippen LogP contribution in [0.15, 0.2) is 5.38 Å². The van der Waals surface area contributed by atoms with Gasteiger partial charge in [-0.2, -0.15) is 0 Å². The third-order valence-corrected chi connectivity index (χ3v) is 11.3. The Kier molecular flexibility index (Phi) is 11.4. The van der Waals surface area contributed by atoms with E-state index in [-0.39, 0.29) is 0 Å². The van der Waals surface area contributed by atoms with Gasteiger partial charge in [0.15, 0.2) is 0 Å². The minimum atomic E-state index is -1.19. The summed E-state index contributed by atoms with van der Waals surface area (Å²) in [6, 6.07) is 0. The first-order valence-corrected chi connectivity index (χ1v) is 13.8. The fourth-order valence-corrected chi connectivity index (χ4v) is 9.75. The van der Waals surface area contributed by atoms with Gasteiger partial charge in [0.05, 0.1) is 0 Å². The molecule has 0 spiro atoms. The van der Waals surface area contributed by atoms with E-state index in [4.69, 9.17) is 4.98 Å². The molecule has 1 aromatic heterocycles. The molecule has 0 N–H and O–H groups in total. The predicted octanol–water partition coefficient (Wildman–Crippen LogP) is 7.27. The third-order valence-electron chi connectivity index (χ3n) is 5.15. The Morgan fingerprint density at radius 1 is 0.826 bits per heavy atom. The van der Waals surface area contributed by atoms with Crippen LogP contribution in [0, 0.1) is 6.92 Å². The van der Waals surface area contributed by atoms with Gasteiger partial charge in [0.25, 0.3) is 0 Å². The molecule has 0 radical (unpaired) electrons. The zero-order valence-corrected chi connectivity index (χ0v) is 17.9. The average molecular weight is 358 g/mol. The number of aryl methyl sites for hydroxylation is 1. The van der Waals surface area contributed by atoms with Gasteiger partial charge in [0, 0.05) is 0 Å². The van der Waals surface area contributed by atoms with Gasteiger partial charge in [0.2, 0.25) is 0 Å². The molecule has 1 rings (SSSR count). The summed E-state index contributed by atoms with van der Waals surface area (Å²) in [5, 5.41) is 3.59. The van der Waals surface area contributed by atoms with Gasteiger partial charge in [-0.05, 0) is 0 Å². The summed E-state index contributed by atoms with van der Waals surface area (Å²) in [5.74, 6) is 0. The second-order valence-electron chi connectivity index (χ2n) is 7.41. The minimum absolute atomic E-state index is 1.19. The number of thiazole rings is 1. The van der Waals surface area contributed by atoms with Crippen molar-refractivity contribution in [2.75, 3.05) is 18.5 Å². The van der Waals surface area contributed by atoms with Gasteiger partial charge in [-0.15, -0.1) is 0 Å². The normalized spacial score (nSPS) is 12.7. The van der Waals surface area contributed by atoms with Gasteiger partial charge < -0.3 is 0 Å². The number of rotatable bonds is 14. The monoisotopic (exact) mass is 357 g/mol. The van der Waals surface area contributed by atoms with Crippen LogP contribution in [-0.4, -0.2) is 23.5 Å². The molecule has 23 heavy (non-hydrogen) atoms. The first-order valence-electron chi connectivity index (χ1n) is 10.1. The van der Waals surface area contributed by atoms with Crippen LogP contribution < -0.4 is 0 Å². The van der Waals surface area contributed by atoms with E-state index >= 15 is 0 Å². The van der Waals surface area contributed by atoms with Crippen molar-refractivity contribution in [2.24, 2.45) is 0 Å². The maximum absolute atomic E-state index is 4.83. The molecule has 1 heterocycles. The van der Waals surface area contributed by atoms with Crippen LogP contribution in [0.3, 0.4) is 0 Å². The van der Waals surface area contributed by atoms with E-state index in [1.165, 1.54) is 74.7 Å². The molecule has 0 amide bonds. The van der Waals surface area contributed by atoms with E-state index in [9.17, 15) is 0 Å². The molecule has 3 heteroatoms. The Morgan fingerprint density at radius 2 is 1.30 bits per heavy atom. The summed E-state index contributed by atoms with van der Waals surface area (Å²) in [6.07, 6.45) is 18.7. The summed E-state index contributed by atoms with van der Waals surface area (Å²) in [6.45, 7) is 9.16. The Balaban J connectivity index is 2.79. The van der Waals surface area contributed by atoms with Crippen molar-refractivity contribution in [3.63, 3.8) is 0 Å². The summed E-state index contributed by atoms with van der Waals surface area (Å²) in [5.41, 5.74) is 1.42. The molecular formula is C20H40NPS. The molecule has 0 saturated carbocycles. The van der Waals surface area contributed by atoms with Crippen LogP contribution in [0.1, 0.15) is 89.3 Å². The molecule has 0 saturated heterocycles. The Labute approximate surface area is 150 Å². The maximum atomic E-state index is 4.83. The molecule has 0 aromatic carbocycles. The summed E-state index contributed by atoms with van der Waals surface area (Å²) >= 11 is 1.84. The number of hydrogen-bond acceptors (Lipinski definition) is 2. The van der Waals surface area contributed by atoms with Crippen LogP contribution in [0.25, 0.3) is 0 Å². The van der Waals surface area contributed by atoms with Crippen LogP contribution in [0.5, 0.6) is 0 Å². The number of unbranched alkanes of at least 4 members (excludes halogenated alkanes) is 6. The summed E-state index contributed by atoms with van der Waals surface area (Å²) in [7, 11) is -1.19. The van der Waals surface area contributed by atoms with Crippen LogP contribution in [0.2, 0.25) is 0 Å². The SMILES string of the molecule is CCCCC[PH](CCCCC)(CCCCC)Cc1csc(C)n1. The first-order chi connectivity index (χ1) is 11.2. The van der Waals surface area contributed by atoms with Gasteiger partial charge in [-0.3, -0.25) is 0 Å². The van der Waals surface area contributed by atoms with Crippen LogP contribution in [-0.2, 0) is 6.16 Å². The Morgan fingerprint density at radius 3 is 1.65 bits per heavy atom. The van der Waals surface area contributed by atoms with E-state index in [0.717, 1.165) is 0 Å². The molecule has 0 aliphatic carbocycles. The van der Waals surface area contributed by atoms with Crippen molar-refractivity contribution >= 4 is 18.6 Å².